The van der Waals surface area contributed by atoms with Crippen molar-refractivity contribution < 1.29 is 4.74 Å². The van der Waals surface area contributed by atoms with Gasteiger partial charge in [0.25, 0.3) is 0 Å². The van der Waals surface area contributed by atoms with Crippen LogP contribution >= 0.6 is 0 Å². The molecule has 34 heavy (non-hydrogen) atoms. The SMILES string of the molecule is C[C@H](CN(C)C)Oc1cc(-c2cnn(C)c2)cc2ncnc(Nc3ccc4nccnc4c3)c12. The zero-order valence-corrected chi connectivity index (χ0v) is 19.6. The number of hydrogen-bond donors (Lipinski definition) is 1. The number of fused-ring (bicyclic) bond motifs is 2. The fourth-order valence-corrected chi connectivity index (χ4v) is 4.02. The van der Waals surface area contributed by atoms with Crippen LogP contribution in [0.3, 0.4) is 0 Å². The van der Waals surface area contributed by atoms with Gasteiger partial charge < -0.3 is 15.0 Å². The highest BCUT2D eigenvalue weighted by atomic mass is 16.5. The minimum atomic E-state index is -0.0358. The molecule has 5 aromatic rings. The van der Waals surface area contributed by atoms with Crippen LogP contribution in [-0.2, 0) is 7.05 Å². The third kappa shape index (κ3) is 4.51. The number of aromatic nitrogens is 6. The van der Waals surface area contributed by atoms with Crippen LogP contribution in [0.2, 0.25) is 0 Å². The minimum absolute atomic E-state index is 0.0358. The van der Waals surface area contributed by atoms with Gasteiger partial charge in [-0.15, -0.1) is 0 Å². The van der Waals surface area contributed by atoms with Gasteiger partial charge in [0.2, 0.25) is 0 Å². The number of anilines is 2. The van der Waals surface area contributed by atoms with Gasteiger partial charge in [-0.1, -0.05) is 0 Å². The average Bonchev–Trinajstić information content (AvgIpc) is 3.24. The van der Waals surface area contributed by atoms with Crippen LogP contribution in [-0.4, -0.2) is 61.4 Å². The van der Waals surface area contributed by atoms with E-state index in [2.05, 4.69) is 42.2 Å². The Kier molecular flexibility index (Phi) is 5.77. The number of hydrogen-bond acceptors (Lipinski definition) is 8. The Balaban J connectivity index is 1.61. The first-order chi connectivity index (χ1) is 16.5. The average molecular weight is 455 g/mol. The lowest BCUT2D eigenvalue weighted by Gasteiger charge is -2.21. The second kappa shape index (κ2) is 9.03. The van der Waals surface area contributed by atoms with E-state index in [-0.39, 0.29) is 6.10 Å². The van der Waals surface area contributed by atoms with Crippen molar-refractivity contribution in [1.29, 1.82) is 0 Å². The van der Waals surface area contributed by atoms with Crippen LogP contribution in [0.1, 0.15) is 6.92 Å². The summed E-state index contributed by atoms with van der Waals surface area (Å²) in [4.78, 5) is 20.0. The predicted molar refractivity (Wildman–Crippen MR) is 133 cm³/mol. The summed E-state index contributed by atoms with van der Waals surface area (Å²) in [6.07, 6.45) is 8.71. The van der Waals surface area contributed by atoms with Gasteiger partial charge in [0.15, 0.2) is 0 Å². The van der Waals surface area contributed by atoms with Crippen molar-refractivity contribution in [2.75, 3.05) is 26.0 Å². The highest BCUT2D eigenvalue weighted by molar-refractivity contribution is 5.98. The summed E-state index contributed by atoms with van der Waals surface area (Å²) in [5.74, 6) is 1.38. The third-order valence-corrected chi connectivity index (χ3v) is 5.42. The van der Waals surface area contributed by atoms with E-state index in [9.17, 15) is 0 Å². The third-order valence-electron chi connectivity index (χ3n) is 5.42. The van der Waals surface area contributed by atoms with Gasteiger partial charge in [-0.05, 0) is 56.9 Å². The van der Waals surface area contributed by atoms with Crippen LogP contribution in [0.5, 0.6) is 5.75 Å². The molecule has 0 spiro atoms. The van der Waals surface area contributed by atoms with E-state index in [1.807, 2.05) is 63.9 Å². The Morgan fingerprint density at radius 1 is 0.971 bits per heavy atom. The van der Waals surface area contributed by atoms with Gasteiger partial charge in [0.05, 0.1) is 28.1 Å². The summed E-state index contributed by atoms with van der Waals surface area (Å²) in [5.41, 5.74) is 5.26. The molecule has 0 amide bonds. The highest BCUT2D eigenvalue weighted by Gasteiger charge is 2.17. The zero-order chi connectivity index (χ0) is 23.7. The minimum Gasteiger partial charge on any atom is -0.489 e. The molecule has 9 nitrogen and oxygen atoms in total. The van der Waals surface area contributed by atoms with E-state index in [0.29, 0.717) is 5.82 Å². The normalized spacial score (nSPS) is 12.4. The number of aryl methyl sites for hydroxylation is 1. The number of likely N-dealkylation sites (N-methyl/N-ethyl adjacent to an activating group) is 1. The van der Waals surface area contributed by atoms with Crippen LogP contribution in [0.4, 0.5) is 11.5 Å². The number of ether oxygens (including phenoxy) is 1. The summed E-state index contributed by atoms with van der Waals surface area (Å²) in [6.45, 7) is 2.83. The molecule has 2 aromatic carbocycles. The lowest BCUT2D eigenvalue weighted by Crippen LogP contribution is -2.28. The Hall–Kier alpha value is -4.11. The van der Waals surface area contributed by atoms with Gasteiger partial charge in [0, 0.05) is 43.4 Å². The van der Waals surface area contributed by atoms with Crippen molar-refractivity contribution in [3.8, 4) is 16.9 Å². The van der Waals surface area contributed by atoms with Gasteiger partial charge in [-0.3, -0.25) is 14.6 Å². The Labute approximate surface area is 197 Å². The van der Waals surface area contributed by atoms with Crippen molar-refractivity contribution in [3.05, 3.63) is 61.4 Å². The fraction of sp³-hybridized carbons (Fsp3) is 0.240. The van der Waals surface area contributed by atoms with Gasteiger partial charge in [-0.25, -0.2) is 9.97 Å². The number of benzene rings is 2. The molecule has 0 radical (unpaired) electrons. The van der Waals surface area contributed by atoms with E-state index in [4.69, 9.17) is 4.74 Å². The van der Waals surface area contributed by atoms with E-state index >= 15 is 0 Å². The van der Waals surface area contributed by atoms with E-state index in [0.717, 1.165) is 51.0 Å². The molecule has 0 aliphatic heterocycles. The molecule has 172 valence electrons. The first-order valence-electron chi connectivity index (χ1n) is 11.0. The second-order valence-corrected chi connectivity index (χ2v) is 8.57. The largest absolute Gasteiger partial charge is 0.489 e. The van der Waals surface area contributed by atoms with E-state index in [1.165, 1.54) is 0 Å². The molecule has 0 unspecified atom stereocenters. The van der Waals surface area contributed by atoms with E-state index < -0.39 is 0 Å². The molecule has 0 aliphatic carbocycles. The fourth-order valence-electron chi connectivity index (χ4n) is 4.02. The quantitative estimate of drug-likeness (QED) is 0.394. The second-order valence-electron chi connectivity index (χ2n) is 8.57. The lowest BCUT2D eigenvalue weighted by molar-refractivity contribution is 0.179. The molecule has 5 rings (SSSR count). The maximum Gasteiger partial charge on any atom is 0.145 e. The molecule has 0 saturated heterocycles. The van der Waals surface area contributed by atoms with Crippen molar-refractivity contribution in [2.24, 2.45) is 7.05 Å². The lowest BCUT2D eigenvalue weighted by atomic mass is 10.1. The van der Waals surface area contributed by atoms with Crippen molar-refractivity contribution in [1.82, 2.24) is 34.6 Å². The van der Waals surface area contributed by atoms with Crippen LogP contribution in [0.25, 0.3) is 33.1 Å². The van der Waals surface area contributed by atoms with Crippen LogP contribution < -0.4 is 10.1 Å². The predicted octanol–water partition coefficient (Wildman–Crippen LogP) is 4.05. The molecule has 0 fully saturated rings. The Morgan fingerprint density at radius 3 is 2.56 bits per heavy atom. The van der Waals surface area contributed by atoms with Crippen molar-refractivity contribution in [3.63, 3.8) is 0 Å². The summed E-state index contributed by atoms with van der Waals surface area (Å²) >= 11 is 0. The number of rotatable bonds is 7. The van der Waals surface area contributed by atoms with Crippen LogP contribution in [0.15, 0.2) is 61.4 Å². The van der Waals surface area contributed by atoms with Crippen molar-refractivity contribution in [2.45, 2.75) is 13.0 Å². The summed E-state index contributed by atoms with van der Waals surface area (Å²) in [6, 6.07) is 9.92. The monoisotopic (exact) mass is 454 g/mol. The summed E-state index contributed by atoms with van der Waals surface area (Å²) < 4.78 is 8.23. The molecule has 9 heteroatoms. The molecule has 3 aromatic heterocycles. The maximum absolute atomic E-state index is 6.44. The maximum atomic E-state index is 6.44. The van der Waals surface area contributed by atoms with Gasteiger partial charge in [0.1, 0.15) is 24.0 Å². The first kappa shape index (κ1) is 21.7. The molecule has 0 saturated carbocycles. The Bertz CT molecular complexity index is 1460. The Morgan fingerprint density at radius 2 is 1.79 bits per heavy atom. The zero-order valence-electron chi connectivity index (χ0n) is 19.6. The molecule has 0 bridgehead atoms. The molecule has 3 heterocycles. The van der Waals surface area contributed by atoms with Crippen molar-refractivity contribution >= 4 is 33.4 Å². The van der Waals surface area contributed by atoms with Gasteiger partial charge >= 0.3 is 0 Å². The van der Waals surface area contributed by atoms with Crippen LogP contribution in [0, 0.1) is 0 Å². The first-order valence-corrected chi connectivity index (χ1v) is 11.0. The number of nitrogens with zero attached hydrogens (tertiary/aromatic N) is 7. The smallest absolute Gasteiger partial charge is 0.145 e. The highest BCUT2D eigenvalue weighted by Crippen LogP contribution is 2.36. The molecule has 1 N–H and O–H groups in total. The molecular weight excluding hydrogens is 428 g/mol. The standard InChI is InChI=1S/C25H26N8O/c1-16(13-32(2)3)34-23-10-17(18-12-30-33(4)14-18)9-22-24(23)25(29-15-28-22)31-19-5-6-20-21(11-19)27-8-7-26-20/h5-12,14-16H,13H2,1-4H3,(H,28,29,31)/t16-/m1/s1. The molecule has 1 atom stereocenters. The van der Waals surface area contributed by atoms with Gasteiger partial charge in [-0.2, -0.15) is 5.10 Å². The molecular formula is C25H26N8O. The summed E-state index contributed by atoms with van der Waals surface area (Å²) in [5, 5.41) is 8.56. The number of nitrogens with one attached hydrogen (secondary N) is 1. The van der Waals surface area contributed by atoms with E-state index in [1.54, 1.807) is 23.4 Å². The topological polar surface area (TPSA) is 93.9 Å². The summed E-state index contributed by atoms with van der Waals surface area (Å²) in [7, 11) is 5.96. The molecule has 0 aliphatic rings.